The molecule has 2 atom stereocenters. The molecule has 5 heteroatoms. The van der Waals surface area contributed by atoms with Gasteiger partial charge < -0.3 is 16.2 Å². The number of hydrogen-bond acceptors (Lipinski definition) is 3. The molecule has 1 amide bonds. The van der Waals surface area contributed by atoms with Gasteiger partial charge in [0.2, 0.25) is 5.91 Å². The maximum absolute atomic E-state index is 11.0. The Kier molecular flexibility index (Phi) is 5.87. The van der Waals surface area contributed by atoms with Crippen LogP contribution in [-0.2, 0) is 9.59 Å². The van der Waals surface area contributed by atoms with E-state index in [-0.39, 0.29) is 11.8 Å². The number of carboxylic acid groups (broad SMARTS) is 1. The lowest BCUT2D eigenvalue weighted by atomic mass is 10.1. The van der Waals surface area contributed by atoms with Crippen molar-refractivity contribution in [1.82, 2.24) is 5.32 Å². The lowest BCUT2D eigenvalue weighted by Gasteiger charge is -2.08. The number of amides is 1. The number of carboxylic acids is 1. The molecule has 0 aliphatic rings. The minimum absolute atomic E-state index is 0.201. The molecule has 14 heavy (non-hydrogen) atoms. The fraction of sp³-hybridized carbons (Fsp3) is 0.778. The molecule has 5 nitrogen and oxygen atoms in total. The van der Waals surface area contributed by atoms with Gasteiger partial charge in [-0.25, -0.2) is 0 Å². The van der Waals surface area contributed by atoms with Gasteiger partial charge >= 0.3 is 5.97 Å². The molecule has 0 aromatic heterocycles. The van der Waals surface area contributed by atoms with Crippen molar-refractivity contribution in [1.29, 1.82) is 0 Å². The summed E-state index contributed by atoms with van der Waals surface area (Å²) >= 11 is 0. The van der Waals surface area contributed by atoms with E-state index < -0.39 is 12.0 Å². The lowest BCUT2D eigenvalue weighted by molar-refractivity contribution is -0.141. The summed E-state index contributed by atoms with van der Waals surface area (Å²) in [7, 11) is 0. The Hall–Kier alpha value is -1.10. The van der Waals surface area contributed by atoms with E-state index in [1.165, 1.54) is 0 Å². The first-order valence-electron chi connectivity index (χ1n) is 4.71. The van der Waals surface area contributed by atoms with Gasteiger partial charge in [-0.2, -0.15) is 0 Å². The van der Waals surface area contributed by atoms with Crippen molar-refractivity contribution in [3.05, 3.63) is 0 Å². The van der Waals surface area contributed by atoms with Crippen molar-refractivity contribution in [3.63, 3.8) is 0 Å². The highest BCUT2D eigenvalue weighted by Crippen LogP contribution is 2.03. The number of carbonyl (C=O) groups excluding carboxylic acids is 1. The summed E-state index contributed by atoms with van der Waals surface area (Å²) in [5.41, 5.74) is 5.32. The summed E-state index contributed by atoms with van der Waals surface area (Å²) in [6, 6.07) is -0.508. The molecular weight excluding hydrogens is 184 g/mol. The first kappa shape index (κ1) is 12.9. The zero-order valence-electron chi connectivity index (χ0n) is 8.62. The lowest BCUT2D eigenvalue weighted by Crippen LogP contribution is -2.38. The fourth-order valence-electron chi connectivity index (χ4n) is 0.904. The Morgan fingerprint density at radius 3 is 2.43 bits per heavy atom. The van der Waals surface area contributed by atoms with Crippen LogP contribution in [-0.4, -0.2) is 29.6 Å². The van der Waals surface area contributed by atoms with Crippen LogP contribution >= 0.6 is 0 Å². The zero-order valence-corrected chi connectivity index (χ0v) is 8.62. The molecule has 0 bridgehead atoms. The Morgan fingerprint density at radius 2 is 2.00 bits per heavy atom. The van der Waals surface area contributed by atoms with E-state index in [1.54, 1.807) is 13.8 Å². The third-order valence-electron chi connectivity index (χ3n) is 1.95. The van der Waals surface area contributed by atoms with Gasteiger partial charge in [0, 0.05) is 6.54 Å². The molecule has 0 rings (SSSR count). The quantitative estimate of drug-likeness (QED) is 0.526. The van der Waals surface area contributed by atoms with Crippen molar-refractivity contribution in [3.8, 4) is 0 Å². The van der Waals surface area contributed by atoms with Crippen LogP contribution in [0.25, 0.3) is 0 Å². The average Bonchev–Trinajstić information content (AvgIpc) is 2.11. The molecule has 0 heterocycles. The number of hydrogen-bond donors (Lipinski definition) is 3. The Labute approximate surface area is 83.7 Å². The molecule has 0 spiro atoms. The number of carbonyl (C=O) groups is 2. The van der Waals surface area contributed by atoms with Gasteiger partial charge in [0.1, 0.15) is 0 Å². The second-order valence-electron chi connectivity index (χ2n) is 3.46. The van der Waals surface area contributed by atoms with E-state index in [1.807, 2.05) is 0 Å². The van der Waals surface area contributed by atoms with Crippen molar-refractivity contribution in [2.24, 2.45) is 11.7 Å². The van der Waals surface area contributed by atoms with E-state index in [0.717, 1.165) is 0 Å². The van der Waals surface area contributed by atoms with Crippen LogP contribution in [0, 0.1) is 5.92 Å². The predicted molar refractivity (Wildman–Crippen MR) is 52.7 cm³/mol. The summed E-state index contributed by atoms with van der Waals surface area (Å²) in [5, 5.41) is 11.2. The van der Waals surface area contributed by atoms with Gasteiger partial charge in [-0.1, -0.05) is 6.92 Å². The number of nitrogens with one attached hydrogen (secondary N) is 1. The highest BCUT2D eigenvalue weighted by molar-refractivity contribution is 5.80. The molecule has 0 radical (unpaired) electrons. The smallest absolute Gasteiger partial charge is 0.306 e. The Bertz CT molecular complexity index is 204. The monoisotopic (exact) mass is 202 g/mol. The molecule has 0 fully saturated rings. The summed E-state index contributed by atoms with van der Waals surface area (Å²) in [4.78, 5) is 21.4. The van der Waals surface area contributed by atoms with Crippen LogP contribution in [0.15, 0.2) is 0 Å². The zero-order chi connectivity index (χ0) is 11.1. The summed E-state index contributed by atoms with van der Waals surface area (Å²) in [6.45, 7) is 3.74. The second-order valence-corrected chi connectivity index (χ2v) is 3.46. The number of aliphatic carboxylic acids is 1. The van der Waals surface area contributed by atoms with E-state index in [9.17, 15) is 9.59 Å². The number of rotatable bonds is 6. The molecule has 0 saturated carbocycles. The van der Waals surface area contributed by atoms with Gasteiger partial charge in [0.15, 0.2) is 0 Å². The Morgan fingerprint density at radius 1 is 1.43 bits per heavy atom. The highest BCUT2D eigenvalue weighted by atomic mass is 16.4. The molecule has 0 saturated heterocycles. The topological polar surface area (TPSA) is 92.4 Å². The van der Waals surface area contributed by atoms with Crippen LogP contribution in [0.5, 0.6) is 0 Å². The van der Waals surface area contributed by atoms with Gasteiger partial charge in [0.05, 0.1) is 12.0 Å². The molecule has 0 aromatic rings. The van der Waals surface area contributed by atoms with Crippen LogP contribution in [0.2, 0.25) is 0 Å². The summed E-state index contributed by atoms with van der Waals surface area (Å²) in [6.07, 6.45) is 1.22. The summed E-state index contributed by atoms with van der Waals surface area (Å²) in [5.74, 6) is -1.36. The highest BCUT2D eigenvalue weighted by Gasteiger charge is 2.10. The van der Waals surface area contributed by atoms with Crippen molar-refractivity contribution in [2.75, 3.05) is 6.54 Å². The second kappa shape index (κ2) is 6.37. The van der Waals surface area contributed by atoms with E-state index in [4.69, 9.17) is 10.8 Å². The Balaban J connectivity index is 3.47. The fourth-order valence-corrected chi connectivity index (χ4v) is 0.904. The van der Waals surface area contributed by atoms with Gasteiger partial charge in [-0.15, -0.1) is 0 Å². The van der Waals surface area contributed by atoms with Crippen LogP contribution < -0.4 is 11.1 Å². The minimum atomic E-state index is -0.802. The van der Waals surface area contributed by atoms with Crippen molar-refractivity contribution >= 4 is 11.9 Å². The number of nitrogens with two attached hydrogens (primary N) is 1. The molecular formula is C9H18N2O3. The largest absolute Gasteiger partial charge is 0.481 e. The molecule has 0 aliphatic carbocycles. The van der Waals surface area contributed by atoms with Crippen LogP contribution in [0.4, 0.5) is 0 Å². The molecule has 0 aliphatic heterocycles. The van der Waals surface area contributed by atoms with E-state index in [2.05, 4.69) is 5.32 Å². The normalized spacial score (nSPS) is 14.5. The minimum Gasteiger partial charge on any atom is -0.481 e. The maximum Gasteiger partial charge on any atom is 0.306 e. The SMILES string of the molecule is CC(CCCNC(=O)[C@H](C)N)C(=O)O. The standard InChI is InChI=1S/C9H18N2O3/c1-6(9(13)14)4-3-5-11-8(12)7(2)10/h6-7H,3-5,10H2,1-2H3,(H,11,12)(H,13,14)/t6?,7-/m0/s1. The molecule has 0 aromatic carbocycles. The van der Waals surface area contributed by atoms with Crippen LogP contribution in [0.3, 0.4) is 0 Å². The van der Waals surface area contributed by atoms with E-state index in [0.29, 0.717) is 19.4 Å². The summed E-state index contributed by atoms with van der Waals surface area (Å²) < 4.78 is 0. The molecule has 82 valence electrons. The first-order chi connectivity index (χ1) is 6.45. The first-order valence-corrected chi connectivity index (χ1v) is 4.71. The van der Waals surface area contributed by atoms with Gasteiger partial charge in [-0.05, 0) is 19.8 Å². The maximum atomic E-state index is 11.0. The third-order valence-corrected chi connectivity index (χ3v) is 1.95. The van der Waals surface area contributed by atoms with Crippen LogP contribution in [0.1, 0.15) is 26.7 Å². The van der Waals surface area contributed by atoms with Gasteiger partial charge in [0.25, 0.3) is 0 Å². The van der Waals surface area contributed by atoms with Gasteiger partial charge in [-0.3, -0.25) is 9.59 Å². The van der Waals surface area contributed by atoms with Crippen molar-refractivity contribution in [2.45, 2.75) is 32.7 Å². The third kappa shape index (κ3) is 5.53. The van der Waals surface area contributed by atoms with Crippen molar-refractivity contribution < 1.29 is 14.7 Å². The molecule has 4 N–H and O–H groups in total. The average molecular weight is 202 g/mol. The molecule has 1 unspecified atom stereocenters. The predicted octanol–water partition coefficient (Wildman–Crippen LogP) is -0.0493. The van der Waals surface area contributed by atoms with E-state index >= 15 is 0 Å².